The van der Waals surface area contributed by atoms with Gasteiger partial charge < -0.3 is 35.2 Å². The van der Waals surface area contributed by atoms with Crippen molar-refractivity contribution in [2.45, 2.75) is 31.8 Å². The summed E-state index contributed by atoms with van der Waals surface area (Å²) in [4.78, 5) is 50.9. The molecule has 0 aliphatic carbocycles. The van der Waals surface area contributed by atoms with Crippen molar-refractivity contribution < 1.29 is 60.6 Å². The number of halogens is 1. The van der Waals surface area contributed by atoms with E-state index in [1.807, 2.05) is 0 Å². The monoisotopic (exact) mass is 515 g/mol. The number of hydrogen-bond donors (Lipinski definition) is 6. The van der Waals surface area contributed by atoms with Crippen LogP contribution in [-0.2, 0) is 31.6 Å². The van der Waals surface area contributed by atoms with E-state index in [1.54, 1.807) is 0 Å². The summed E-state index contributed by atoms with van der Waals surface area (Å²) in [6, 6.07) is 1.22. The number of aromatic nitrogens is 2. The van der Waals surface area contributed by atoms with Gasteiger partial charge in [0.05, 0.1) is 12.7 Å². The molecule has 31 heavy (non-hydrogen) atoms. The lowest BCUT2D eigenvalue weighted by atomic mass is 10.0. The number of phosphoric ester groups is 1. The third kappa shape index (κ3) is 8.77. The summed E-state index contributed by atoms with van der Waals surface area (Å²) in [5.74, 6) is -0.117. The van der Waals surface area contributed by atoms with E-state index in [1.165, 1.54) is 13.0 Å². The highest BCUT2D eigenvalue weighted by Gasteiger charge is 2.45. The second-order valence-corrected chi connectivity index (χ2v) is 10.4. The Balaban J connectivity index is 3.04. The van der Waals surface area contributed by atoms with Crippen LogP contribution < -0.4 is 11.4 Å². The highest BCUT2D eigenvalue weighted by molar-refractivity contribution is 7.66. The average Bonchev–Trinajstić information content (AvgIpc) is 2.54. The largest absolute Gasteiger partial charge is 0.490 e. The molecule has 0 bridgehead atoms. The number of nitrogens with zero attached hydrogens (tertiary/aromatic N) is 2. The predicted octanol–water partition coefficient (Wildman–Crippen LogP) is -0.207. The van der Waals surface area contributed by atoms with E-state index >= 15 is 0 Å². The number of ether oxygens (including phenoxy) is 1. The van der Waals surface area contributed by atoms with Crippen molar-refractivity contribution in [1.29, 1.82) is 0 Å². The summed E-state index contributed by atoms with van der Waals surface area (Å²) >= 11 is 0. The maximum absolute atomic E-state index is 13.8. The number of aliphatic hydroxyl groups excluding tert-OH is 1. The molecule has 16 nitrogen and oxygen atoms in total. The molecule has 7 N–H and O–H groups in total. The fourth-order valence-corrected chi connectivity index (χ4v) is 5.10. The van der Waals surface area contributed by atoms with Gasteiger partial charge in [0.25, 0.3) is 0 Å². The Bertz CT molecular complexity index is 968. The zero-order chi connectivity index (χ0) is 24.3. The van der Waals surface area contributed by atoms with Crippen molar-refractivity contribution in [3.63, 3.8) is 0 Å². The maximum Gasteiger partial charge on any atom is 0.490 e. The van der Waals surface area contributed by atoms with Gasteiger partial charge in [-0.3, -0.25) is 9.09 Å². The van der Waals surface area contributed by atoms with Crippen molar-refractivity contribution in [3.8, 4) is 0 Å². The molecule has 0 aliphatic rings. The fourth-order valence-electron chi connectivity index (χ4n) is 2.03. The quantitative estimate of drug-likeness (QED) is 0.197. The van der Waals surface area contributed by atoms with Gasteiger partial charge in [-0.25, -0.2) is 22.9 Å². The first-order valence-corrected chi connectivity index (χ1v) is 12.5. The van der Waals surface area contributed by atoms with E-state index < -0.39 is 60.4 Å². The Morgan fingerprint density at radius 1 is 1.19 bits per heavy atom. The first-order valence-electron chi connectivity index (χ1n) is 7.97. The second-order valence-electron chi connectivity index (χ2n) is 6.00. The smallest absolute Gasteiger partial charge is 0.390 e. The van der Waals surface area contributed by atoms with Crippen LogP contribution in [0.15, 0.2) is 17.1 Å². The minimum Gasteiger partial charge on any atom is -0.390 e. The van der Waals surface area contributed by atoms with E-state index in [0.717, 1.165) is 17.7 Å². The Hall–Kier alpha value is -1.06. The van der Waals surface area contributed by atoms with Crippen LogP contribution in [0.3, 0.4) is 0 Å². The van der Waals surface area contributed by atoms with Crippen LogP contribution >= 0.6 is 23.5 Å². The predicted molar refractivity (Wildman–Crippen MR) is 98.9 cm³/mol. The van der Waals surface area contributed by atoms with Gasteiger partial charge in [-0.1, -0.05) is 0 Å². The molecule has 0 spiro atoms. The molecule has 0 amide bonds. The van der Waals surface area contributed by atoms with Gasteiger partial charge in [-0.05, 0) is 19.9 Å². The lowest BCUT2D eigenvalue weighted by Gasteiger charge is -2.36. The number of nitrogen functional groups attached to an aromatic ring is 1. The molecule has 0 aromatic carbocycles. The summed E-state index contributed by atoms with van der Waals surface area (Å²) < 4.78 is 65.2. The third-order valence-corrected chi connectivity index (χ3v) is 7.31. The van der Waals surface area contributed by atoms with Gasteiger partial charge in [-0.2, -0.15) is 13.6 Å². The molecule has 1 heterocycles. The van der Waals surface area contributed by atoms with Gasteiger partial charge in [0.15, 0.2) is 0 Å². The molecule has 1 rings (SSSR count). The number of anilines is 1. The van der Waals surface area contributed by atoms with Crippen LogP contribution in [0.25, 0.3) is 0 Å². The van der Waals surface area contributed by atoms with Crippen LogP contribution in [0.4, 0.5) is 10.2 Å². The number of nitrogens with two attached hydrogens (primary N) is 1. The molecule has 0 aliphatic heterocycles. The van der Waals surface area contributed by atoms with Crippen LogP contribution in [0.1, 0.15) is 20.1 Å². The van der Waals surface area contributed by atoms with Gasteiger partial charge >= 0.3 is 29.2 Å². The standard InChI is InChI=1S/C11H21FN3O13P3/c1-7(16)11(5-12,26-8(2)15-4-3-9(13)14-10(15)17)6-25-30(21,22)28-31(23,24)27-29(18,19)20/h3-4,7-8,16H,5-6H2,1-2H3,(H,21,22)(H,23,24)(H2,13,14,17)(H2,18,19,20)/t7-,8+,11?/m0/s1. The van der Waals surface area contributed by atoms with E-state index in [9.17, 15) is 32.9 Å². The average molecular weight is 515 g/mol. The number of aliphatic hydroxyl groups is 1. The van der Waals surface area contributed by atoms with Crippen molar-refractivity contribution in [1.82, 2.24) is 9.55 Å². The van der Waals surface area contributed by atoms with Gasteiger partial charge in [-0.15, -0.1) is 0 Å². The second kappa shape index (κ2) is 10.3. The molecule has 3 unspecified atom stereocenters. The Morgan fingerprint density at radius 3 is 2.23 bits per heavy atom. The van der Waals surface area contributed by atoms with Crippen molar-refractivity contribution in [2.24, 2.45) is 0 Å². The summed E-state index contributed by atoms with van der Waals surface area (Å²) in [5.41, 5.74) is 2.04. The van der Waals surface area contributed by atoms with Gasteiger partial charge in [0.1, 0.15) is 24.3 Å². The lowest BCUT2D eigenvalue weighted by molar-refractivity contribution is -0.193. The number of hydrogen-bond acceptors (Lipinski definition) is 11. The molecule has 5 atom stereocenters. The summed E-state index contributed by atoms with van der Waals surface area (Å²) in [6.45, 7) is -0.595. The Labute approximate surface area is 173 Å². The summed E-state index contributed by atoms with van der Waals surface area (Å²) in [6.07, 6.45) is -1.93. The highest BCUT2D eigenvalue weighted by Crippen LogP contribution is 2.66. The van der Waals surface area contributed by atoms with Crippen molar-refractivity contribution in [3.05, 3.63) is 22.7 Å². The summed E-state index contributed by atoms with van der Waals surface area (Å²) in [5, 5.41) is 9.94. The molecule has 0 saturated heterocycles. The van der Waals surface area contributed by atoms with E-state index in [4.69, 9.17) is 25.2 Å². The first-order chi connectivity index (χ1) is 13.9. The number of alkyl halides is 1. The van der Waals surface area contributed by atoms with Crippen LogP contribution in [0.2, 0.25) is 0 Å². The molecule has 20 heteroatoms. The highest BCUT2D eigenvalue weighted by atomic mass is 31.3. The molecule has 180 valence electrons. The molecular formula is C11H21FN3O13P3. The van der Waals surface area contributed by atoms with Gasteiger partial charge in [0.2, 0.25) is 0 Å². The van der Waals surface area contributed by atoms with Gasteiger partial charge in [0, 0.05) is 6.20 Å². The van der Waals surface area contributed by atoms with Crippen molar-refractivity contribution >= 4 is 29.3 Å². The molecule has 0 fully saturated rings. The van der Waals surface area contributed by atoms with Crippen molar-refractivity contribution in [2.75, 3.05) is 19.0 Å². The molecular weight excluding hydrogens is 494 g/mol. The summed E-state index contributed by atoms with van der Waals surface area (Å²) in [7, 11) is -17.0. The topological polar surface area (TPSA) is 250 Å². The SMILES string of the molecule is C[C@H](O)C(CF)(COP(=O)(O)OP(=O)(O)OP(=O)(O)O)O[C@H](C)n1ccc(N)nc1=O. The molecule has 1 aromatic heterocycles. The first kappa shape index (κ1) is 28.0. The van der Waals surface area contributed by atoms with E-state index in [0.29, 0.717) is 0 Å². The Morgan fingerprint density at radius 2 is 1.77 bits per heavy atom. The van der Waals surface area contributed by atoms with Crippen LogP contribution in [-0.4, -0.2) is 59.2 Å². The Kier molecular flexibility index (Phi) is 9.25. The molecule has 0 saturated carbocycles. The lowest BCUT2D eigenvalue weighted by Crippen LogP contribution is -2.51. The molecule has 1 aromatic rings. The third-order valence-electron chi connectivity index (χ3n) is 3.52. The maximum atomic E-state index is 13.8. The minimum atomic E-state index is -5.80. The number of phosphoric acid groups is 3. The van der Waals surface area contributed by atoms with Crippen LogP contribution in [0, 0.1) is 0 Å². The number of rotatable bonds is 12. The normalized spacial score (nSPS) is 20.3. The fraction of sp³-hybridized carbons (Fsp3) is 0.636. The van der Waals surface area contributed by atoms with E-state index in [2.05, 4.69) is 18.1 Å². The molecule has 0 radical (unpaired) electrons. The zero-order valence-corrected chi connectivity index (χ0v) is 18.6. The van der Waals surface area contributed by atoms with E-state index in [-0.39, 0.29) is 5.82 Å². The minimum absolute atomic E-state index is 0.117. The zero-order valence-electron chi connectivity index (χ0n) is 15.9. The van der Waals surface area contributed by atoms with Crippen LogP contribution in [0.5, 0.6) is 0 Å².